The van der Waals surface area contributed by atoms with Gasteiger partial charge in [-0.25, -0.2) is 0 Å². The number of benzene rings is 2. The van der Waals surface area contributed by atoms with Crippen molar-refractivity contribution in [2.75, 3.05) is 13.2 Å². The summed E-state index contributed by atoms with van der Waals surface area (Å²) in [5.41, 5.74) is 5.96. The van der Waals surface area contributed by atoms with Gasteiger partial charge >= 0.3 is 0 Å². The Morgan fingerprint density at radius 2 is 1.50 bits per heavy atom. The zero-order valence-corrected chi connectivity index (χ0v) is 13.9. The molecule has 0 aromatic heterocycles. The van der Waals surface area contributed by atoms with Crippen molar-refractivity contribution in [3.63, 3.8) is 0 Å². The fourth-order valence-corrected chi connectivity index (χ4v) is 3.02. The average molecular weight is 324 g/mol. The quantitative estimate of drug-likeness (QED) is 0.745. The zero-order chi connectivity index (χ0) is 17.1. The third-order valence-electron chi connectivity index (χ3n) is 4.18. The summed E-state index contributed by atoms with van der Waals surface area (Å²) in [6.07, 6.45) is 0. The van der Waals surface area contributed by atoms with Crippen LogP contribution in [0.25, 0.3) is 0 Å². The normalized spacial score (nSPS) is 15.9. The van der Waals surface area contributed by atoms with Gasteiger partial charge in [-0.05, 0) is 30.5 Å². The van der Waals surface area contributed by atoms with Crippen molar-refractivity contribution in [2.45, 2.75) is 27.1 Å². The van der Waals surface area contributed by atoms with Gasteiger partial charge < -0.3 is 9.47 Å². The Bertz CT molecular complexity index is 790. The number of hydrogen-bond acceptors (Lipinski definition) is 4. The molecule has 0 saturated heterocycles. The minimum absolute atomic E-state index is 0.0938. The van der Waals surface area contributed by atoms with Crippen LogP contribution in [0.2, 0.25) is 0 Å². The first-order valence-corrected chi connectivity index (χ1v) is 7.96. The number of Topliss-reactive ketones (excluding diaryl/α,β-unsaturated/α-hetero) is 2. The van der Waals surface area contributed by atoms with E-state index in [2.05, 4.69) is 0 Å². The molecule has 2 aromatic carbocycles. The van der Waals surface area contributed by atoms with E-state index in [4.69, 9.17) is 9.47 Å². The van der Waals surface area contributed by atoms with E-state index in [1.54, 1.807) is 0 Å². The molecule has 0 amide bonds. The SMILES string of the molecule is Cc1ccc2c(c1)COCC2=O.Cc1cccc2c1C(=O)COC2. The molecule has 0 N–H and O–H groups in total. The van der Waals surface area contributed by atoms with E-state index in [9.17, 15) is 9.59 Å². The van der Waals surface area contributed by atoms with Crippen LogP contribution in [0.1, 0.15) is 43.0 Å². The number of ketones is 2. The molecular formula is C20H20O4. The Labute approximate surface area is 141 Å². The fourth-order valence-electron chi connectivity index (χ4n) is 3.02. The van der Waals surface area contributed by atoms with Gasteiger partial charge in [0.05, 0.1) is 13.2 Å². The predicted molar refractivity (Wildman–Crippen MR) is 90.3 cm³/mol. The van der Waals surface area contributed by atoms with Crippen LogP contribution >= 0.6 is 0 Å². The van der Waals surface area contributed by atoms with E-state index < -0.39 is 0 Å². The summed E-state index contributed by atoms with van der Waals surface area (Å²) in [6.45, 7) is 5.58. The maximum absolute atomic E-state index is 11.4. The van der Waals surface area contributed by atoms with Crippen LogP contribution in [0.5, 0.6) is 0 Å². The number of rotatable bonds is 0. The van der Waals surface area contributed by atoms with Crippen LogP contribution in [-0.2, 0) is 22.7 Å². The van der Waals surface area contributed by atoms with Crippen molar-refractivity contribution in [3.8, 4) is 0 Å². The van der Waals surface area contributed by atoms with Crippen molar-refractivity contribution in [1.82, 2.24) is 0 Å². The highest BCUT2D eigenvalue weighted by atomic mass is 16.5. The van der Waals surface area contributed by atoms with E-state index in [1.165, 1.54) is 5.56 Å². The monoisotopic (exact) mass is 324 g/mol. The van der Waals surface area contributed by atoms with Gasteiger partial charge in [-0.1, -0.05) is 42.0 Å². The number of hydrogen-bond donors (Lipinski definition) is 0. The smallest absolute Gasteiger partial charge is 0.189 e. The molecule has 4 heteroatoms. The zero-order valence-electron chi connectivity index (χ0n) is 13.9. The van der Waals surface area contributed by atoms with Gasteiger partial charge in [-0.15, -0.1) is 0 Å². The topological polar surface area (TPSA) is 52.6 Å². The molecule has 2 heterocycles. The molecule has 0 aliphatic carbocycles. The molecule has 0 atom stereocenters. The highest BCUT2D eigenvalue weighted by molar-refractivity contribution is 6.00. The standard InChI is InChI=1S/2C10H10O2/c1-7-2-3-9-8(4-7)5-12-6-10(9)11;1-7-3-2-4-8-5-12-6-9(11)10(7)8/h2*2-4H,5-6H2,1H3. The molecule has 2 aliphatic rings. The number of aryl methyl sites for hydroxylation is 2. The van der Waals surface area contributed by atoms with E-state index in [-0.39, 0.29) is 24.8 Å². The largest absolute Gasteiger partial charge is 0.369 e. The molecule has 2 aromatic rings. The molecule has 0 bridgehead atoms. The minimum Gasteiger partial charge on any atom is -0.369 e. The summed E-state index contributed by atoms with van der Waals surface area (Å²) in [5, 5.41) is 0. The molecule has 0 radical (unpaired) electrons. The number of fused-ring (bicyclic) bond motifs is 2. The van der Waals surface area contributed by atoms with E-state index in [1.807, 2.05) is 50.2 Å². The first kappa shape index (κ1) is 16.6. The Morgan fingerprint density at radius 3 is 2.25 bits per heavy atom. The van der Waals surface area contributed by atoms with Crippen LogP contribution in [0, 0.1) is 13.8 Å². The Kier molecular flexibility index (Phi) is 4.88. The van der Waals surface area contributed by atoms with Crippen molar-refractivity contribution in [3.05, 3.63) is 69.8 Å². The molecule has 4 nitrogen and oxygen atoms in total. The summed E-state index contributed by atoms with van der Waals surface area (Å²) >= 11 is 0. The molecule has 0 spiro atoms. The first-order valence-electron chi connectivity index (χ1n) is 7.96. The summed E-state index contributed by atoms with van der Waals surface area (Å²) < 4.78 is 10.2. The van der Waals surface area contributed by atoms with Crippen molar-refractivity contribution in [2.24, 2.45) is 0 Å². The molecule has 2 aliphatic heterocycles. The molecular weight excluding hydrogens is 304 g/mol. The number of carbonyl (C=O) groups excluding carboxylic acids is 2. The average Bonchev–Trinajstić information content (AvgIpc) is 2.56. The van der Waals surface area contributed by atoms with Crippen molar-refractivity contribution in [1.29, 1.82) is 0 Å². The number of ether oxygens (including phenoxy) is 2. The fraction of sp³-hybridized carbons (Fsp3) is 0.300. The second-order valence-corrected chi connectivity index (χ2v) is 6.10. The maximum Gasteiger partial charge on any atom is 0.189 e. The van der Waals surface area contributed by atoms with Gasteiger partial charge in [0, 0.05) is 11.1 Å². The summed E-state index contributed by atoms with van der Waals surface area (Å²) in [7, 11) is 0. The molecule has 0 saturated carbocycles. The number of carbonyl (C=O) groups is 2. The van der Waals surface area contributed by atoms with Crippen LogP contribution in [0.4, 0.5) is 0 Å². The highest BCUT2D eigenvalue weighted by Crippen LogP contribution is 2.20. The Balaban J connectivity index is 0.000000141. The maximum atomic E-state index is 11.4. The second-order valence-electron chi connectivity index (χ2n) is 6.10. The van der Waals surface area contributed by atoms with Gasteiger partial charge in [0.15, 0.2) is 11.6 Å². The molecule has 0 unspecified atom stereocenters. The Morgan fingerprint density at radius 1 is 0.792 bits per heavy atom. The van der Waals surface area contributed by atoms with Gasteiger partial charge in [0.25, 0.3) is 0 Å². The molecule has 24 heavy (non-hydrogen) atoms. The lowest BCUT2D eigenvalue weighted by Crippen LogP contribution is -2.19. The summed E-state index contributed by atoms with van der Waals surface area (Å²) in [5.74, 6) is 0.200. The van der Waals surface area contributed by atoms with Crippen LogP contribution in [0.3, 0.4) is 0 Å². The molecule has 124 valence electrons. The van der Waals surface area contributed by atoms with Crippen molar-refractivity contribution < 1.29 is 19.1 Å². The highest BCUT2D eigenvalue weighted by Gasteiger charge is 2.18. The molecule has 4 rings (SSSR count). The molecule has 0 fully saturated rings. The van der Waals surface area contributed by atoms with Gasteiger partial charge in [-0.3, -0.25) is 9.59 Å². The second kappa shape index (κ2) is 7.07. The van der Waals surface area contributed by atoms with E-state index in [0.29, 0.717) is 13.2 Å². The Hall–Kier alpha value is -2.30. The van der Waals surface area contributed by atoms with Crippen LogP contribution in [-0.4, -0.2) is 24.8 Å². The van der Waals surface area contributed by atoms with E-state index >= 15 is 0 Å². The van der Waals surface area contributed by atoms with E-state index in [0.717, 1.165) is 27.8 Å². The summed E-state index contributed by atoms with van der Waals surface area (Å²) in [4.78, 5) is 22.7. The minimum atomic E-state index is 0.0938. The van der Waals surface area contributed by atoms with Gasteiger partial charge in [0.1, 0.15) is 13.2 Å². The lowest BCUT2D eigenvalue weighted by molar-refractivity contribution is 0.0661. The lowest BCUT2D eigenvalue weighted by atomic mass is 9.97. The predicted octanol–water partition coefficient (Wildman–Crippen LogP) is 3.42. The van der Waals surface area contributed by atoms with Crippen LogP contribution in [0.15, 0.2) is 36.4 Å². The van der Waals surface area contributed by atoms with Gasteiger partial charge in [0.2, 0.25) is 0 Å². The third-order valence-corrected chi connectivity index (χ3v) is 4.18. The van der Waals surface area contributed by atoms with Crippen LogP contribution < -0.4 is 0 Å². The third kappa shape index (κ3) is 3.45. The summed E-state index contributed by atoms with van der Waals surface area (Å²) in [6, 6.07) is 11.7. The van der Waals surface area contributed by atoms with Crippen molar-refractivity contribution >= 4 is 11.6 Å². The van der Waals surface area contributed by atoms with Gasteiger partial charge in [-0.2, -0.15) is 0 Å². The lowest BCUT2D eigenvalue weighted by Gasteiger charge is -2.16. The first-order chi connectivity index (χ1) is 11.6.